The summed E-state index contributed by atoms with van der Waals surface area (Å²) in [6.07, 6.45) is 7.00. The lowest BCUT2D eigenvalue weighted by Crippen LogP contribution is -2.65. The molecule has 0 spiro atoms. The van der Waals surface area contributed by atoms with Crippen LogP contribution in [0.15, 0.2) is 42.5 Å². The van der Waals surface area contributed by atoms with Crippen molar-refractivity contribution >= 4 is 44.8 Å². The van der Waals surface area contributed by atoms with Crippen LogP contribution in [0.3, 0.4) is 0 Å². The lowest BCUT2D eigenvalue weighted by molar-refractivity contribution is -0.163. The van der Waals surface area contributed by atoms with Crippen LogP contribution in [0.2, 0.25) is 15.1 Å². The summed E-state index contributed by atoms with van der Waals surface area (Å²) in [6.45, 7) is 7.85. The fourth-order valence-corrected chi connectivity index (χ4v) is 10.2. The SMILES string of the molecule is Cc1c(CN(CCS(N)(=O)=O)C23CC4CC(C)(CC(C)(C4)C2)C3)nn(-c2ccc(Cl)cc2Cl)c1-c1ccc(Cl)cc1. The third-order valence-electron chi connectivity index (χ3n) is 9.73. The maximum atomic E-state index is 12.2. The summed E-state index contributed by atoms with van der Waals surface area (Å²) >= 11 is 19.2. The summed E-state index contributed by atoms with van der Waals surface area (Å²) < 4.78 is 26.3. The van der Waals surface area contributed by atoms with Crippen LogP contribution in [-0.2, 0) is 16.6 Å². The van der Waals surface area contributed by atoms with Crippen LogP contribution in [0.4, 0.5) is 0 Å². The van der Waals surface area contributed by atoms with Gasteiger partial charge in [0.2, 0.25) is 10.0 Å². The summed E-state index contributed by atoms with van der Waals surface area (Å²) in [6, 6.07) is 13.1. The average Bonchev–Trinajstić information content (AvgIpc) is 3.14. The molecule has 2 atom stereocenters. The molecule has 4 fully saturated rings. The highest BCUT2D eigenvalue weighted by atomic mass is 35.5. The van der Waals surface area contributed by atoms with E-state index in [9.17, 15) is 8.42 Å². The third kappa shape index (κ3) is 5.71. The van der Waals surface area contributed by atoms with Gasteiger partial charge in [-0.3, -0.25) is 4.90 Å². The second-order valence-electron chi connectivity index (χ2n) is 13.6. The Morgan fingerprint density at radius 2 is 1.61 bits per heavy atom. The van der Waals surface area contributed by atoms with Crippen molar-refractivity contribution in [3.05, 3.63) is 68.8 Å². The van der Waals surface area contributed by atoms with Crippen molar-refractivity contribution < 1.29 is 8.42 Å². The van der Waals surface area contributed by atoms with Gasteiger partial charge in [0.1, 0.15) is 0 Å². The number of nitrogens with zero attached hydrogens (tertiary/aromatic N) is 3. The molecule has 1 heterocycles. The van der Waals surface area contributed by atoms with Crippen molar-refractivity contribution in [1.82, 2.24) is 14.7 Å². The topological polar surface area (TPSA) is 81.2 Å². The highest BCUT2D eigenvalue weighted by Gasteiger charge is 2.61. The van der Waals surface area contributed by atoms with E-state index in [-0.39, 0.29) is 22.1 Å². The molecule has 2 unspecified atom stereocenters. The van der Waals surface area contributed by atoms with Gasteiger partial charge < -0.3 is 0 Å². The first-order valence-electron chi connectivity index (χ1n) is 14.2. The van der Waals surface area contributed by atoms with Crippen LogP contribution in [0.5, 0.6) is 0 Å². The summed E-state index contributed by atoms with van der Waals surface area (Å²) in [5.74, 6) is 0.578. The van der Waals surface area contributed by atoms with E-state index in [2.05, 4.69) is 25.7 Å². The lowest BCUT2D eigenvalue weighted by Gasteiger charge is -2.68. The van der Waals surface area contributed by atoms with Gasteiger partial charge in [-0.2, -0.15) is 5.10 Å². The minimum absolute atomic E-state index is 0.0812. The van der Waals surface area contributed by atoms with E-state index in [0.717, 1.165) is 47.5 Å². The zero-order valence-electron chi connectivity index (χ0n) is 23.8. The highest BCUT2D eigenvalue weighted by Crippen LogP contribution is 2.67. The molecular formula is C31H37Cl3N4O2S. The quantitative estimate of drug-likeness (QED) is 0.276. The van der Waals surface area contributed by atoms with Crippen molar-refractivity contribution in [3.63, 3.8) is 0 Å². The number of hydrogen-bond acceptors (Lipinski definition) is 4. The molecule has 0 amide bonds. The number of hydrogen-bond donors (Lipinski definition) is 1. The Morgan fingerprint density at radius 3 is 2.20 bits per heavy atom. The molecule has 220 valence electrons. The number of halogens is 3. The Balaban J connectivity index is 1.46. The lowest BCUT2D eigenvalue weighted by atomic mass is 9.42. The predicted octanol–water partition coefficient (Wildman–Crippen LogP) is 7.65. The van der Waals surface area contributed by atoms with Gasteiger partial charge in [0.25, 0.3) is 0 Å². The number of benzene rings is 2. The molecule has 3 aromatic rings. The number of sulfonamides is 1. The normalized spacial score (nSPS) is 29.0. The molecule has 4 aliphatic carbocycles. The molecule has 0 saturated heterocycles. The van der Waals surface area contributed by atoms with E-state index >= 15 is 0 Å². The molecule has 2 aromatic carbocycles. The van der Waals surface area contributed by atoms with Crippen molar-refractivity contribution in [1.29, 1.82) is 0 Å². The Kier molecular flexibility index (Phi) is 7.36. The minimum atomic E-state index is -3.64. The molecule has 4 saturated carbocycles. The van der Waals surface area contributed by atoms with Gasteiger partial charge in [-0.25, -0.2) is 18.2 Å². The molecule has 2 N–H and O–H groups in total. The first kappa shape index (κ1) is 29.5. The molecule has 41 heavy (non-hydrogen) atoms. The monoisotopic (exact) mass is 634 g/mol. The third-order valence-corrected chi connectivity index (χ3v) is 11.3. The molecule has 4 bridgehead atoms. The predicted molar refractivity (Wildman–Crippen MR) is 167 cm³/mol. The molecule has 0 radical (unpaired) electrons. The Hall–Kier alpha value is -1.61. The van der Waals surface area contributed by atoms with E-state index in [1.165, 1.54) is 19.3 Å². The van der Waals surface area contributed by atoms with Gasteiger partial charge >= 0.3 is 0 Å². The van der Waals surface area contributed by atoms with Gasteiger partial charge in [0.15, 0.2) is 0 Å². The molecule has 6 nitrogen and oxygen atoms in total. The van der Waals surface area contributed by atoms with Crippen LogP contribution < -0.4 is 5.14 Å². The van der Waals surface area contributed by atoms with Crippen molar-refractivity contribution in [2.45, 2.75) is 71.4 Å². The van der Waals surface area contributed by atoms with Gasteiger partial charge in [-0.15, -0.1) is 0 Å². The van der Waals surface area contributed by atoms with Crippen LogP contribution in [0.1, 0.15) is 63.6 Å². The summed E-state index contributed by atoms with van der Waals surface area (Å²) in [5.41, 5.74) is 4.96. The van der Waals surface area contributed by atoms with E-state index in [1.807, 2.05) is 35.0 Å². The highest BCUT2D eigenvalue weighted by molar-refractivity contribution is 7.89. The molecule has 4 aliphatic rings. The van der Waals surface area contributed by atoms with Crippen LogP contribution >= 0.6 is 34.8 Å². The smallest absolute Gasteiger partial charge is 0.210 e. The van der Waals surface area contributed by atoms with Gasteiger partial charge in [-0.05, 0) is 98.1 Å². The van der Waals surface area contributed by atoms with Crippen molar-refractivity contribution in [2.75, 3.05) is 12.3 Å². The first-order chi connectivity index (χ1) is 19.2. The van der Waals surface area contributed by atoms with Crippen molar-refractivity contribution in [2.24, 2.45) is 21.9 Å². The summed E-state index contributed by atoms with van der Waals surface area (Å²) in [7, 11) is -3.64. The maximum absolute atomic E-state index is 12.2. The number of rotatable bonds is 8. The molecule has 0 aliphatic heterocycles. The number of aromatic nitrogens is 2. The zero-order chi connectivity index (χ0) is 29.4. The summed E-state index contributed by atoms with van der Waals surface area (Å²) in [4.78, 5) is 2.41. The van der Waals surface area contributed by atoms with E-state index in [1.54, 1.807) is 12.1 Å². The van der Waals surface area contributed by atoms with Crippen LogP contribution in [0.25, 0.3) is 16.9 Å². The number of primary sulfonamides is 1. The zero-order valence-corrected chi connectivity index (χ0v) is 26.8. The van der Waals surface area contributed by atoms with Gasteiger partial charge in [0.05, 0.1) is 27.9 Å². The maximum Gasteiger partial charge on any atom is 0.210 e. The van der Waals surface area contributed by atoms with Crippen LogP contribution in [-0.4, -0.2) is 40.9 Å². The second kappa shape index (κ2) is 10.2. The van der Waals surface area contributed by atoms with Crippen LogP contribution in [0, 0.1) is 23.7 Å². The summed E-state index contributed by atoms with van der Waals surface area (Å²) in [5, 5.41) is 12.4. The van der Waals surface area contributed by atoms with E-state index in [0.29, 0.717) is 34.1 Å². The molecular weight excluding hydrogens is 599 g/mol. The largest absolute Gasteiger partial charge is 0.291 e. The fourth-order valence-electron chi connectivity index (χ4n) is 9.11. The van der Waals surface area contributed by atoms with E-state index < -0.39 is 10.0 Å². The Morgan fingerprint density at radius 1 is 0.976 bits per heavy atom. The Bertz CT molecular complexity index is 1590. The molecule has 10 heteroatoms. The molecule has 7 rings (SSSR count). The standard InChI is InChI=1S/C31H37Cl3N4O2S/c1-20-26(36-38(27-9-8-24(33)12-25(27)34)28(20)22-4-6-23(32)7-5-22)16-37(10-11-41(35,39)40)31-15-21-13-29(2,18-31)17-30(3,14-21)19-31/h4-9,12,21H,10-11,13-19H2,1-3H3,(H2,35,39,40). The fraction of sp³-hybridized carbons (Fsp3) is 0.516. The average molecular weight is 636 g/mol. The second-order valence-corrected chi connectivity index (χ2v) is 16.6. The van der Waals surface area contributed by atoms with Gasteiger partial charge in [-0.1, -0.05) is 60.8 Å². The first-order valence-corrected chi connectivity index (χ1v) is 17.1. The van der Waals surface area contributed by atoms with E-state index in [4.69, 9.17) is 45.0 Å². The Labute approximate surface area is 258 Å². The minimum Gasteiger partial charge on any atom is -0.291 e. The van der Waals surface area contributed by atoms with Crippen molar-refractivity contribution in [3.8, 4) is 16.9 Å². The van der Waals surface area contributed by atoms with Gasteiger partial charge in [0, 0.05) is 34.2 Å². The molecule has 1 aromatic heterocycles. The number of nitrogens with two attached hydrogens (primary N) is 1.